The molecule has 5 nitrogen and oxygen atoms in total. The van der Waals surface area contributed by atoms with Crippen LogP contribution in [-0.2, 0) is 9.59 Å². The lowest BCUT2D eigenvalue weighted by Crippen LogP contribution is -2.52. The van der Waals surface area contributed by atoms with Crippen LogP contribution in [0.25, 0.3) is 0 Å². The summed E-state index contributed by atoms with van der Waals surface area (Å²) in [5.41, 5.74) is 0. The van der Waals surface area contributed by atoms with Crippen LogP contribution in [0.1, 0.15) is 58.8 Å². The van der Waals surface area contributed by atoms with Crippen LogP contribution in [0.2, 0.25) is 0 Å². The highest BCUT2D eigenvalue weighted by Gasteiger charge is 2.25. The SMILES string of the molecule is CC(CC(=O)NC1CCCNC1C)NC(=O)C1CCCC1.Cl. The lowest BCUT2D eigenvalue weighted by atomic mass is 9.99. The Balaban J connectivity index is 0.00000242. The monoisotopic (exact) mass is 331 g/mol. The molecule has 0 bridgehead atoms. The molecule has 3 N–H and O–H groups in total. The average molecular weight is 332 g/mol. The molecule has 2 fully saturated rings. The molecule has 1 saturated heterocycles. The Morgan fingerprint density at radius 3 is 2.50 bits per heavy atom. The fourth-order valence-electron chi connectivity index (χ4n) is 3.38. The summed E-state index contributed by atoms with van der Waals surface area (Å²) in [5.74, 6) is 0.327. The van der Waals surface area contributed by atoms with Crippen LogP contribution < -0.4 is 16.0 Å². The Morgan fingerprint density at radius 1 is 1.18 bits per heavy atom. The fourth-order valence-corrected chi connectivity index (χ4v) is 3.38. The van der Waals surface area contributed by atoms with Gasteiger partial charge in [-0.15, -0.1) is 12.4 Å². The number of nitrogens with one attached hydrogen (secondary N) is 3. The maximum Gasteiger partial charge on any atom is 0.223 e. The average Bonchev–Trinajstić information content (AvgIpc) is 2.95. The van der Waals surface area contributed by atoms with E-state index in [0.29, 0.717) is 12.5 Å². The van der Waals surface area contributed by atoms with Crippen molar-refractivity contribution in [3.05, 3.63) is 0 Å². The first-order chi connectivity index (χ1) is 10.1. The molecular weight excluding hydrogens is 302 g/mol. The predicted molar refractivity (Wildman–Crippen MR) is 90.1 cm³/mol. The van der Waals surface area contributed by atoms with Crippen molar-refractivity contribution in [2.24, 2.45) is 5.92 Å². The second-order valence-electron chi connectivity index (χ2n) is 6.65. The van der Waals surface area contributed by atoms with Crippen molar-refractivity contribution in [3.63, 3.8) is 0 Å². The second-order valence-corrected chi connectivity index (χ2v) is 6.65. The molecule has 0 aromatic rings. The first-order valence-electron chi connectivity index (χ1n) is 8.39. The summed E-state index contributed by atoms with van der Waals surface area (Å²) in [6, 6.07) is 0.444. The number of piperidine rings is 1. The highest BCUT2D eigenvalue weighted by molar-refractivity contribution is 5.85. The maximum atomic E-state index is 12.1. The van der Waals surface area contributed by atoms with Crippen LogP contribution in [0.4, 0.5) is 0 Å². The van der Waals surface area contributed by atoms with Gasteiger partial charge in [-0.3, -0.25) is 9.59 Å². The summed E-state index contributed by atoms with van der Waals surface area (Å²) >= 11 is 0. The predicted octanol–water partition coefficient (Wildman–Crippen LogP) is 1.75. The van der Waals surface area contributed by atoms with Crippen molar-refractivity contribution in [1.82, 2.24) is 16.0 Å². The lowest BCUT2D eigenvalue weighted by Gasteiger charge is -2.31. The Hall–Kier alpha value is -0.810. The molecule has 0 spiro atoms. The van der Waals surface area contributed by atoms with E-state index < -0.39 is 0 Å². The van der Waals surface area contributed by atoms with Gasteiger partial charge in [-0.1, -0.05) is 12.8 Å². The number of hydrogen-bond donors (Lipinski definition) is 3. The normalized spacial score (nSPS) is 26.8. The summed E-state index contributed by atoms with van der Waals surface area (Å²) in [6.45, 7) is 5.05. The van der Waals surface area contributed by atoms with E-state index in [1.807, 2.05) is 6.92 Å². The highest BCUT2D eigenvalue weighted by Crippen LogP contribution is 2.24. The molecule has 1 aliphatic heterocycles. The van der Waals surface area contributed by atoms with Crippen molar-refractivity contribution in [2.75, 3.05) is 6.54 Å². The summed E-state index contributed by atoms with van der Waals surface area (Å²) in [5, 5.41) is 9.45. The second kappa shape index (κ2) is 9.36. The van der Waals surface area contributed by atoms with Crippen molar-refractivity contribution in [1.29, 1.82) is 0 Å². The molecule has 3 atom stereocenters. The van der Waals surface area contributed by atoms with Gasteiger partial charge in [0.25, 0.3) is 0 Å². The quantitative estimate of drug-likeness (QED) is 0.719. The molecule has 1 saturated carbocycles. The van der Waals surface area contributed by atoms with Crippen molar-refractivity contribution >= 4 is 24.2 Å². The third-order valence-electron chi connectivity index (χ3n) is 4.71. The number of carbonyl (C=O) groups is 2. The highest BCUT2D eigenvalue weighted by atomic mass is 35.5. The molecule has 3 unspecified atom stereocenters. The molecule has 22 heavy (non-hydrogen) atoms. The largest absolute Gasteiger partial charge is 0.353 e. The van der Waals surface area contributed by atoms with Gasteiger partial charge in [0.2, 0.25) is 11.8 Å². The molecule has 0 radical (unpaired) electrons. The third-order valence-corrected chi connectivity index (χ3v) is 4.71. The van der Waals surface area contributed by atoms with E-state index in [1.165, 1.54) is 0 Å². The minimum absolute atomic E-state index is 0. The minimum atomic E-state index is -0.0926. The van der Waals surface area contributed by atoms with Gasteiger partial charge in [-0.2, -0.15) is 0 Å². The Bertz CT molecular complexity index is 372. The smallest absolute Gasteiger partial charge is 0.223 e. The van der Waals surface area contributed by atoms with Gasteiger partial charge in [-0.25, -0.2) is 0 Å². The molecule has 0 aromatic heterocycles. The van der Waals surface area contributed by atoms with Crippen LogP contribution in [0, 0.1) is 5.92 Å². The van der Waals surface area contributed by atoms with Crippen LogP contribution in [0.15, 0.2) is 0 Å². The molecule has 0 aromatic carbocycles. The maximum absolute atomic E-state index is 12.1. The van der Waals surface area contributed by atoms with E-state index in [1.54, 1.807) is 0 Å². The Kier molecular flexibility index (Phi) is 8.18. The molecule has 2 rings (SSSR count). The van der Waals surface area contributed by atoms with Gasteiger partial charge in [0, 0.05) is 30.5 Å². The van der Waals surface area contributed by atoms with E-state index in [9.17, 15) is 9.59 Å². The van der Waals surface area contributed by atoms with E-state index in [0.717, 1.165) is 45.1 Å². The summed E-state index contributed by atoms with van der Waals surface area (Å²) < 4.78 is 0. The summed E-state index contributed by atoms with van der Waals surface area (Å²) in [7, 11) is 0. The fraction of sp³-hybridized carbons (Fsp3) is 0.875. The van der Waals surface area contributed by atoms with Crippen molar-refractivity contribution in [2.45, 2.75) is 76.9 Å². The molecule has 6 heteroatoms. The standard InChI is InChI=1S/C16H29N3O2.ClH/c1-11(18-16(21)13-6-3-4-7-13)10-15(20)19-14-8-5-9-17-12(14)2;/h11-14,17H,3-10H2,1-2H3,(H,18,21)(H,19,20);1H. The molecule has 2 amide bonds. The zero-order valence-corrected chi connectivity index (χ0v) is 14.5. The van der Waals surface area contributed by atoms with Crippen molar-refractivity contribution in [3.8, 4) is 0 Å². The van der Waals surface area contributed by atoms with Crippen molar-refractivity contribution < 1.29 is 9.59 Å². The first-order valence-corrected chi connectivity index (χ1v) is 8.39. The topological polar surface area (TPSA) is 70.2 Å². The number of carbonyl (C=O) groups excluding carboxylic acids is 2. The number of halogens is 1. The Labute approximate surface area is 139 Å². The first kappa shape index (κ1) is 19.2. The number of rotatable bonds is 5. The zero-order chi connectivity index (χ0) is 15.2. The van der Waals surface area contributed by atoms with Gasteiger partial charge < -0.3 is 16.0 Å². The van der Waals surface area contributed by atoms with Gasteiger partial charge in [-0.05, 0) is 46.1 Å². The lowest BCUT2D eigenvalue weighted by molar-refractivity contribution is -0.126. The Morgan fingerprint density at radius 2 is 1.86 bits per heavy atom. The molecule has 1 heterocycles. The van der Waals surface area contributed by atoms with Gasteiger partial charge in [0.1, 0.15) is 0 Å². The number of hydrogen-bond acceptors (Lipinski definition) is 3. The summed E-state index contributed by atoms with van der Waals surface area (Å²) in [4.78, 5) is 24.1. The van der Waals surface area contributed by atoms with E-state index in [-0.39, 0.29) is 42.2 Å². The molecule has 128 valence electrons. The van der Waals surface area contributed by atoms with E-state index in [4.69, 9.17) is 0 Å². The van der Waals surface area contributed by atoms with Crippen LogP contribution >= 0.6 is 12.4 Å². The zero-order valence-electron chi connectivity index (χ0n) is 13.7. The summed E-state index contributed by atoms with van der Waals surface area (Å²) in [6.07, 6.45) is 6.79. The van der Waals surface area contributed by atoms with Gasteiger partial charge in [0.05, 0.1) is 0 Å². The third kappa shape index (κ3) is 5.76. The minimum Gasteiger partial charge on any atom is -0.353 e. The van der Waals surface area contributed by atoms with Gasteiger partial charge >= 0.3 is 0 Å². The van der Waals surface area contributed by atoms with E-state index in [2.05, 4.69) is 22.9 Å². The molecule has 2 aliphatic rings. The number of amides is 2. The van der Waals surface area contributed by atoms with Gasteiger partial charge in [0.15, 0.2) is 0 Å². The van der Waals surface area contributed by atoms with E-state index >= 15 is 0 Å². The van der Waals surface area contributed by atoms with Crippen LogP contribution in [-0.4, -0.2) is 36.5 Å². The molecule has 1 aliphatic carbocycles. The van der Waals surface area contributed by atoms with Crippen LogP contribution in [0.5, 0.6) is 0 Å². The van der Waals surface area contributed by atoms with Crippen LogP contribution in [0.3, 0.4) is 0 Å². The molecular formula is C16H30ClN3O2.